The van der Waals surface area contributed by atoms with Crippen LogP contribution in [0.2, 0.25) is 0 Å². The lowest BCUT2D eigenvalue weighted by molar-refractivity contribution is 0.264. The fraction of sp³-hybridized carbons (Fsp3) is 0. The predicted octanol–water partition coefficient (Wildman–Crippen LogP) is 0.615. The molecule has 4 heteroatoms. The summed E-state index contributed by atoms with van der Waals surface area (Å²) >= 11 is 0. The van der Waals surface area contributed by atoms with Crippen LogP contribution in [0.3, 0.4) is 0 Å². The molecule has 1 heterocycles. The highest BCUT2D eigenvalue weighted by molar-refractivity contribution is 7.32. The smallest absolute Gasteiger partial charge is 0.287 e. The van der Waals surface area contributed by atoms with Gasteiger partial charge in [-0.25, -0.2) is 8.71 Å². The first kappa shape index (κ1) is 2.12. The molecule has 0 unspecified atom stereocenters. The fourth-order valence-corrected chi connectivity index (χ4v) is 0.134. The molecule has 0 saturated heterocycles. The first-order valence-electron chi connectivity index (χ1n) is 0.732. The van der Waals surface area contributed by atoms with Crippen molar-refractivity contribution in [3.05, 3.63) is 0 Å². The zero-order valence-corrected chi connectivity index (χ0v) is 2.61. The molecular weight excluding hydrogens is 79.0 g/mol. The van der Waals surface area contributed by atoms with Gasteiger partial charge in [0, 0.05) is 0 Å². The summed E-state index contributed by atoms with van der Waals surface area (Å²) in [6, 6.07) is 0. The minimum absolute atomic E-state index is 1.37. The number of hydrogen-bond donors (Lipinski definition) is 1. The summed E-state index contributed by atoms with van der Waals surface area (Å²) in [5, 5.41) is 0. The molecule has 0 aliphatic heterocycles. The molecule has 0 radical (unpaired) electrons. The monoisotopic (exact) mass is 80.0 g/mol. The van der Waals surface area contributed by atoms with E-state index in [0.29, 0.717) is 0 Å². The van der Waals surface area contributed by atoms with Gasteiger partial charge in [-0.1, -0.05) is 0 Å². The summed E-state index contributed by atoms with van der Waals surface area (Å²) in [5.41, 5.74) is 0. The van der Waals surface area contributed by atoms with Gasteiger partial charge in [-0.2, -0.15) is 0 Å². The van der Waals surface area contributed by atoms with Crippen molar-refractivity contribution in [2.75, 3.05) is 0 Å². The molecule has 0 atom stereocenters. The summed E-state index contributed by atoms with van der Waals surface area (Å²) < 4.78 is 7.66. The van der Waals surface area contributed by atoms with E-state index in [1.807, 2.05) is 0 Å². The molecular formula is HO3P. The van der Waals surface area contributed by atoms with Crippen molar-refractivity contribution in [1.82, 2.24) is 0 Å². The topological polar surface area (TPSA) is 46.5 Å². The van der Waals surface area contributed by atoms with E-state index in [9.17, 15) is 0 Å². The van der Waals surface area contributed by atoms with Gasteiger partial charge < -0.3 is 0 Å². The van der Waals surface area contributed by atoms with Crippen molar-refractivity contribution in [2.45, 2.75) is 0 Å². The summed E-state index contributed by atoms with van der Waals surface area (Å²) in [4.78, 5) is 7.79. The molecule has 0 fully saturated rings. The Morgan fingerprint density at radius 3 is 1.75 bits per heavy atom. The molecule has 1 rings (SSSR count). The standard InChI is InChI=1S/HO3P/c1-4-2-3-4/h1H. The molecule has 4 heavy (non-hydrogen) atoms. The van der Waals surface area contributed by atoms with Gasteiger partial charge in [0.1, 0.15) is 0 Å². The van der Waals surface area contributed by atoms with E-state index in [2.05, 4.69) is 8.71 Å². The Morgan fingerprint density at radius 1 is 1.50 bits per heavy atom. The molecule has 0 aromatic carbocycles. The molecule has 0 aliphatic rings. The average molecular weight is 80.0 g/mol. The fourth-order valence-electron chi connectivity index (χ4n) is 0.0149. The van der Waals surface area contributed by atoms with Gasteiger partial charge >= 0.3 is 8.24 Å². The Hall–Kier alpha value is -0.140. The lowest BCUT2D eigenvalue weighted by atomic mass is 15.2. The molecule has 0 bridgehead atoms. The van der Waals surface area contributed by atoms with Crippen molar-refractivity contribution in [3.63, 3.8) is 0 Å². The Bertz CT molecular complexity index is 61.8. The van der Waals surface area contributed by atoms with E-state index < -0.39 is 8.24 Å². The van der Waals surface area contributed by atoms with Crippen LogP contribution in [-0.2, 0) is 0 Å². The van der Waals surface area contributed by atoms with E-state index in [1.165, 1.54) is 0 Å². The molecule has 0 spiro atoms. The van der Waals surface area contributed by atoms with Crippen LogP contribution in [0.1, 0.15) is 0 Å². The van der Waals surface area contributed by atoms with Crippen LogP contribution < -0.4 is 0 Å². The molecule has 0 saturated carbocycles. The highest BCUT2D eigenvalue weighted by Crippen LogP contribution is 2.28. The summed E-state index contributed by atoms with van der Waals surface area (Å²) in [6.07, 6.45) is 0. The van der Waals surface area contributed by atoms with Crippen molar-refractivity contribution in [1.29, 1.82) is 0 Å². The summed E-state index contributed by atoms with van der Waals surface area (Å²) in [7, 11) is -1.37. The lowest BCUT2D eigenvalue weighted by Gasteiger charge is -1.27. The van der Waals surface area contributed by atoms with Crippen LogP contribution in [0.15, 0.2) is 8.71 Å². The Labute approximate surface area is 23.1 Å². The molecule has 0 aliphatic carbocycles. The minimum atomic E-state index is -1.37. The lowest BCUT2D eigenvalue weighted by Crippen LogP contribution is -1.07. The number of rotatable bonds is 0. The van der Waals surface area contributed by atoms with Crippen molar-refractivity contribution >= 4 is 8.24 Å². The highest BCUT2D eigenvalue weighted by Gasteiger charge is 1.93. The maximum atomic E-state index is 7.79. The third kappa shape index (κ3) is 0.168. The molecule has 24 valence electrons. The van der Waals surface area contributed by atoms with E-state index in [1.54, 1.807) is 0 Å². The Balaban J connectivity index is 2.81. The minimum Gasteiger partial charge on any atom is -0.287 e. The van der Waals surface area contributed by atoms with Gasteiger partial charge in [-0.15, -0.1) is 0 Å². The van der Waals surface area contributed by atoms with Crippen LogP contribution in [-0.4, -0.2) is 4.89 Å². The largest absolute Gasteiger partial charge is 0.465 e. The van der Waals surface area contributed by atoms with Crippen molar-refractivity contribution in [2.24, 2.45) is 0 Å². The van der Waals surface area contributed by atoms with Crippen LogP contribution >= 0.6 is 8.24 Å². The maximum absolute atomic E-state index is 7.79. The zero-order chi connectivity index (χ0) is 2.99. The van der Waals surface area contributed by atoms with Gasteiger partial charge in [0.2, 0.25) is 0 Å². The molecule has 3 nitrogen and oxygen atoms in total. The summed E-state index contributed by atoms with van der Waals surface area (Å²) in [6.45, 7) is 0. The van der Waals surface area contributed by atoms with Gasteiger partial charge in [-0.05, 0) is 0 Å². The molecule has 1 aromatic heterocycles. The number of hydrogen-bond acceptors (Lipinski definition) is 3. The predicted molar refractivity (Wildman–Crippen MR) is 11.3 cm³/mol. The molecule has 1 aromatic rings. The van der Waals surface area contributed by atoms with Crippen LogP contribution in [0.5, 0.6) is 0 Å². The van der Waals surface area contributed by atoms with Crippen LogP contribution in [0.4, 0.5) is 0 Å². The van der Waals surface area contributed by atoms with Crippen LogP contribution in [0.25, 0.3) is 0 Å². The quantitative estimate of drug-likeness (QED) is 0.464. The zero-order valence-electron chi connectivity index (χ0n) is 1.71. The van der Waals surface area contributed by atoms with E-state index >= 15 is 0 Å². The van der Waals surface area contributed by atoms with Gasteiger partial charge in [0.05, 0.1) is 0 Å². The second-order valence-corrected chi connectivity index (χ2v) is 1.16. The Kier molecular flexibility index (Phi) is 0.222. The summed E-state index contributed by atoms with van der Waals surface area (Å²) in [5.74, 6) is 0. The molecule has 0 amide bonds. The average Bonchev–Trinajstić information content (AvgIpc) is 1.75. The first-order valence-corrected chi connectivity index (χ1v) is 1.86. The van der Waals surface area contributed by atoms with E-state index in [-0.39, 0.29) is 0 Å². The van der Waals surface area contributed by atoms with Gasteiger partial charge in [0.15, 0.2) is 0 Å². The Morgan fingerprint density at radius 2 is 1.75 bits per heavy atom. The second kappa shape index (κ2) is 0.419. The van der Waals surface area contributed by atoms with Crippen molar-refractivity contribution < 1.29 is 13.6 Å². The third-order valence-electron chi connectivity index (χ3n) is 0.141. The van der Waals surface area contributed by atoms with E-state index in [0.717, 1.165) is 0 Å². The SMILES string of the molecule is Op1oo1. The first-order chi connectivity index (χ1) is 1.89. The van der Waals surface area contributed by atoms with Crippen molar-refractivity contribution in [3.8, 4) is 0 Å². The van der Waals surface area contributed by atoms with Gasteiger partial charge in [0.25, 0.3) is 0 Å². The maximum Gasteiger partial charge on any atom is 0.465 e. The second-order valence-electron chi connectivity index (χ2n) is 0.387. The molecule has 1 N–H and O–H groups in total. The third-order valence-corrected chi connectivity index (χ3v) is 0.424. The van der Waals surface area contributed by atoms with Gasteiger partial charge in [-0.3, -0.25) is 4.89 Å². The normalized spacial score (nSPS) is 9.25. The highest BCUT2D eigenvalue weighted by atomic mass is 31.1. The van der Waals surface area contributed by atoms with Crippen LogP contribution in [0, 0.1) is 0 Å². The van der Waals surface area contributed by atoms with E-state index in [4.69, 9.17) is 4.89 Å².